The van der Waals surface area contributed by atoms with E-state index in [1.165, 1.54) is 6.42 Å². The molecule has 0 aliphatic rings. The molecule has 0 aliphatic heterocycles. The second-order valence-electron chi connectivity index (χ2n) is 6.18. The molecule has 0 saturated carbocycles. The van der Waals surface area contributed by atoms with Crippen LogP contribution in [0.2, 0.25) is 0 Å². The second kappa shape index (κ2) is 10.3. The monoisotopic (exact) mass is 308 g/mol. The smallest absolute Gasteiger partial charge is 0.191 e. The van der Waals surface area contributed by atoms with E-state index in [4.69, 9.17) is 9.41 Å². The third kappa shape index (κ3) is 6.98. The molecule has 0 amide bonds. The second-order valence-corrected chi connectivity index (χ2v) is 6.18. The Morgan fingerprint density at radius 3 is 2.64 bits per heavy atom. The normalized spacial score (nSPS) is 13.7. The van der Waals surface area contributed by atoms with Crippen molar-refractivity contribution in [3.63, 3.8) is 0 Å². The summed E-state index contributed by atoms with van der Waals surface area (Å²) in [5.41, 5.74) is 0. The van der Waals surface area contributed by atoms with Gasteiger partial charge in [-0.2, -0.15) is 0 Å². The minimum Gasteiger partial charge on any atom is -0.468 e. The van der Waals surface area contributed by atoms with Crippen LogP contribution in [0.4, 0.5) is 0 Å². The molecule has 0 saturated heterocycles. The Morgan fingerprint density at radius 1 is 1.32 bits per heavy atom. The summed E-state index contributed by atoms with van der Waals surface area (Å²) in [5, 5.41) is 6.71. The number of rotatable bonds is 9. The molecular formula is C17H32N4O. The van der Waals surface area contributed by atoms with E-state index in [2.05, 4.69) is 36.3 Å². The third-order valence-corrected chi connectivity index (χ3v) is 3.51. The van der Waals surface area contributed by atoms with Gasteiger partial charge in [0.05, 0.1) is 18.8 Å². The van der Waals surface area contributed by atoms with Gasteiger partial charge in [-0.1, -0.05) is 13.8 Å². The van der Waals surface area contributed by atoms with E-state index >= 15 is 0 Å². The summed E-state index contributed by atoms with van der Waals surface area (Å²) in [6.07, 6.45) is 4.11. The van der Waals surface area contributed by atoms with E-state index in [0.717, 1.165) is 37.1 Å². The zero-order chi connectivity index (χ0) is 16.4. The largest absolute Gasteiger partial charge is 0.468 e. The molecule has 126 valence electrons. The number of furan rings is 1. The molecule has 1 unspecified atom stereocenters. The number of guanidine groups is 1. The van der Waals surface area contributed by atoms with Gasteiger partial charge in [-0.05, 0) is 51.9 Å². The van der Waals surface area contributed by atoms with Crippen LogP contribution in [0, 0.1) is 5.92 Å². The summed E-state index contributed by atoms with van der Waals surface area (Å²) in [7, 11) is 4.09. The molecule has 1 rings (SSSR count). The first-order valence-electron chi connectivity index (χ1n) is 8.26. The minimum absolute atomic E-state index is 0.154. The van der Waals surface area contributed by atoms with Gasteiger partial charge in [0, 0.05) is 13.1 Å². The molecule has 5 heteroatoms. The number of nitrogens with zero attached hydrogens (tertiary/aromatic N) is 2. The molecule has 1 heterocycles. The van der Waals surface area contributed by atoms with Crippen molar-refractivity contribution in [2.45, 2.75) is 39.7 Å². The maximum absolute atomic E-state index is 5.52. The Hall–Kier alpha value is -1.49. The Morgan fingerprint density at radius 2 is 2.09 bits per heavy atom. The van der Waals surface area contributed by atoms with Crippen LogP contribution in [0.1, 0.15) is 45.4 Å². The fraction of sp³-hybridized carbons (Fsp3) is 0.706. The molecule has 0 spiro atoms. The van der Waals surface area contributed by atoms with Crippen molar-refractivity contribution in [3.8, 4) is 0 Å². The van der Waals surface area contributed by atoms with Gasteiger partial charge in [-0.3, -0.25) is 9.89 Å². The Balaban J connectivity index is 2.55. The lowest BCUT2D eigenvalue weighted by Crippen LogP contribution is -2.38. The van der Waals surface area contributed by atoms with Crippen molar-refractivity contribution >= 4 is 5.96 Å². The summed E-state index contributed by atoms with van der Waals surface area (Å²) in [4.78, 5) is 6.83. The van der Waals surface area contributed by atoms with Crippen LogP contribution in [0.5, 0.6) is 0 Å². The highest BCUT2D eigenvalue weighted by Gasteiger charge is 2.16. The fourth-order valence-electron chi connectivity index (χ4n) is 2.23. The van der Waals surface area contributed by atoms with Crippen molar-refractivity contribution in [2.24, 2.45) is 10.9 Å². The zero-order valence-electron chi connectivity index (χ0n) is 14.7. The summed E-state index contributed by atoms with van der Waals surface area (Å²) in [5.74, 6) is 2.58. The SMILES string of the molecule is CCNC(=NCC(c1ccco1)N(C)C)NCCCC(C)C. The summed E-state index contributed by atoms with van der Waals surface area (Å²) < 4.78 is 5.52. The highest BCUT2D eigenvalue weighted by Crippen LogP contribution is 2.18. The maximum atomic E-state index is 5.52. The van der Waals surface area contributed by atoms with Gasteiger partial charge in [0.25, 0.3) is 0 Å². The molecule has 5 nitrogen and oxygen atoms in total. The number of likely N-dealkylation sites (N-methyl/N-ethyl adjacent to an activating group) is 1. The molecule has 2 N–H and O–H groups in total. The van der Waals surface area contributed by atoms with Gasteiger partial charge in [-0.15, -0.1) is 0 Å². The fourth-order valence-corrected chi connectivity index (χ4v) is 2.23. The van der Waals surface area contributed by atoms with Gasteiger partial charge in [0.1, 0.15) is 5.76 Å². The average molecular weight is 308 g/mol. The Kier molecular flexibility index (Phi) is 8.67. The van der Waals surface area contributed by atoms with Crippen LogP contribution in [0.25, 0.3) is 0 Å². The van der Waals surface area contributed by atoms with Crippen LogP contribution in [-0.4, -0.2) is 44.6 Å². The molecule has 1 atom stereocenters. The predicted octanol–water partition coefficient (Wildman–Crippen LogP) is 2.87. The molecule has 1 aromatic heterocycles. The summed E-state index contributed by atoms with van der Waals surface area (Å²) in [6, 6.07) is 4.08. The van der Waals surface area contributed by atoms with E-state index in [9.17, 15) is 0 Å². The number of hydrogen-bond donors (Lipinski definition) is 2. The maximum Gasteiger partial charge on any atom is 0.191 e. The van der Waals surface area contributed by atoms with E-state index in [0.29, 0.717) is 6.54 Å². The number of nitrogens with one attached hydrogen (secondary N) is 2. The molecule has 0 bridgehead atoms. The number of hydrogen-bond acceptors (Lipinski definition) is 3. The first-order valence-corrected chi connectivity index (χ1v) is 8.26. The number of aliphatic imine (C=N–C) groups is 1. The molecule has 0 fully saturated rings. The first kappa shape index (κ1) is 18.6. The lowest BCUT2D eigenvalue weighted by Gasteiger charge is -2.21. The van der Waals surface area contributed by atoms with Crippen molar-refractivity contribution < 1.29 is 4.42 Å². The van der Waals surface area contributed by atoms with Crippen molar-refractivity contribution in [2.75, 3.05) is 33.7 Å². The van der Waals surface area contributed by atoms with Gasteiger partial charge < -0.3 is 15.1 Å². The lowest BCUT2D eigenvalue weighted by molar-refractivity contribution is 0.265. The summed E-state index contributed by atoms with van der Waals surface area (Å²) >= 11 is 0. The lowest BCUT2D eigenvalue weighted by atomic mass is 10.1. The molecular weight excluding hydrogens is 276 g/mol. The van der Waals surface area contributed by atoms with E-state index in [-0.39, 0.29) is 6.04 Å². The first-order chi connectivity index (χ1) is 10.5. The molecule has 22 heavy (non-hydrogen) atoms. The van der Waals surface area contributed by atoms with E-state index in [1.54, 1.807) is 6.26 Å². The standard InChI is InChI=1S/C17H32N4O/c1-6-18-17(19-11-7-9-14(2)3)20-13-15(21(4)5)16-10-8-12-22-16/h8,10,12,14-15H,6-7,9,11,13H2,1-5H3,(H2,18,19,20). The average Bonchev–Trinajstić information content (AvgIpc) is 2.97. The van der Waals surface area contributed by atoms with Gasteiger partial charge in [0.2, 0.25) is 0 Å². The zero-order valence-corrected chi connectivity index (χ0v) is 14.7. The molecule has 0 radical (unpaired) electrons. The van der Waals surface area contributed by atoms with E-state index in [1.807, 2.05) is 26.2 Å². The minimum atomic E-state index is 0.154. The Bertz CT molecular complexity index is 412. The van der Waals surface area contributed by atoms with Crippen molar-refractivity contribution in [3.05, 3.63) is 24.2 Å². The van der Waals surface area contributed by atoms with Crippen LogP contribution >= 0.6 is 0 Å². The van der Waals surface area contributed by atoms with Crippen molar-refractivity contribution in [1.82, 2.24) is 15.5 Å². The Labute approximate surface area is 135 Å². The molecule has 0 aromatic carbocycles. The molecule has 0 aliphatic carbocycles. The summed E-state index contributed by atoms with van der Waals surface area (Å²) in [6.45, 7) is 9.08. The quantitative estimate of drug-likeness (QED) is 0.418. The highest BCUT2D eigenvalue weighted by atomic mass is 16.3. The highest BCUT2D eigenvalue weighted by molar-refractivity contribution is 5.79. The van der Waals surface area contributed by atoms with Gasteiger partial charge in [-0.25, -0.2) is 0 Å². The van der Waals surface area contributed by atoms with Gasteiger partial charge >= 0.3 is 0 Å². The van der Waals surface area contributed by atoms with Crippen LogP contribution in [0.15, 0.2) is 27.8 Å². The van der Waals surface area contributed by atoms with Crippen LogP contribution in [-0.2, 0) is 0 Å². The predicted molar refractivity (Wildman–Crippen MR) is 93.2 cm³/mol. The van der Waals surface area contributed by atoms with Crippen LogP contribution in [0.3, 0.4) is 0 Å². The topological polar surface area (TPSA) is 52.8 Å². The molecule has 1 aromatic rings. The van der Waals surface area contributed by atoms with Crippen molar-refractivity contribution in [1.29, 1.82) is 0 Å². The van der Waals surface area contributed by atoms with Gasteiger partial charge in [0.15, 0.2) is 5.96 Å². The third-order valence-electron chi connectivity index (χ3n) is 3.51. The van der Waals surface area contributed by atoms with E-state index < -0.39 is 0 Å². The van der Waals surface area contributed by atoms with Crippen LogP contribution < -0.4 is 10.6 Å².